The summed E-state index contributed by atoms with van der Waals surface area (Å²) < 4.78 is 1.87. The van der Waals surface area contributed by atoms with Crippen molar-refractivity contribution < 1.29 is 0 Å². The molecule has 3 heteroatoms. The van der Waals surface area contributed by atoms with Crippen LogP contribution in [0.25, 0.3) is 6.20 Å². The molecule has 1 atom stereocenters. The summed E-state index contributed by atoms with van der Waals surface area (Å²) in [6, 6.07) is 1.96. The number of allylic oxidation sites excluding steroid dienone is 1. The summed E-state index contributed by atoms with van der Waals surface area (Å²) in [5.74, 6) is 1.92. The monoisotopic (exact) mass is 177 g/mol. The highest BCUT2D eigenvalue weighted by molar-refractivity contribution is 5.39. The van der Waals surface area contributed by atoms with E-state index in [-0.39, 0.29) is 0 Å². The van der Waals surface area contributed by atoms with Crippen molar-refractivity contribution in [1.29, 1.82) is 0 Å². The smallest absolute Gasteiger partial charge is 0.146 e. The summed E-state index contributed by atoms with van der Waals surface area (Å²) in [4.78, 5) is 0. The number of nitrogens with zero attached hydrogens (tertiary/aromatic N) is 2. The van der Waals surface area contributed by atoms with Gasteiger partial charge < -0.3 is 5.73 Å². The number of anilines is 1. The van der Waals surface area contributed by atoms with Gasteiger partial charge in [-0.05, 0) is 18.3 Å². The molecule has 2 N–H and O–H groups in total. The number of hydrogen-bond acceptors (Lipinski definition) is 2. The molecule has 0 bridgehead atoms. The minimum absolute atomic E-state index is 0.615. The van der Waals surface area contributed by atoms with Gasteiger partial charge in [-0.1, -0.05) is 19.9 Å². The summed E-state index contributed by atoms with van der Waals surface area (Å²) in [7, 11) is 0. The van der Waals surface area contributed by atoms with E-state index >= 15 is 0 Å². The third kappa shape index (κ3) is 1.46. The van der Waals surface area contributed by atoms with Crippen molar-refractivity contribution in [1.82, 2.24) is 9.78 Å². The maximum Gasteiger partial charge on any atom is 0.146 e. The van der Waals surface area contributed by atoms with Crippen LogP contribution in [0, 0.1) is 11.8 Å². The minimum Gasteiger partial charge on any atom is -0.382 e. The van der Waals surface area contributed by atoms with Crippen LogP contribution in [0.3, 0.4) is 0 Å². The van der Waals surface area contributed by atoms with Crippen molar-refractivity contribution in [3.05, 3.63) is 17.8 Å². The average Bonchev–Trinajstić information content (AvgIpc) is 2.42. The molecule has 0 aliphatic carbocycles. The maximum absolute atomic E-state index is 5.61. The Morgan fingerprint density at radius 2 is 2.38 bits per heavy atom. The van der Waals surface area contributed by atoms with E-state index in [1.807, 2.05) is 16.9 Å². The van der Waals surface area contributed by atoms with E-state index in [0.29, 0.717) is 17.7 Å². The lowest BCUT2D eigenvalue weighted by molar-refractivity contribution is 0.448. The van der Waals surface area contributed by atoms with E-state index < -0.39 is 0 Å². The fraction of sp³-hybridized carbons (Fsp3) is 0.500. The number of hydrogen-bond donors (Lipinski definition) is 1. The van der Waals surface area contributed by atoms with Crippen LogP contribution in [-0.2, 0) is 6.42 Å². The lowest BCUT2D eigenvalue weighted by atomic mass is 9.90. The molecule has 0 radical (unpaired) electrons. The number of fused-ring (bicyclic) bond motifs is 1. The predicted molar refractivity (Wildman–Crippen MR) is 54.0 cm³/mol. The third-order valence-electron chi connectivity index (χ3n) is 2.61. The zero-order valence-corrected chi connectivity index (χ0v) is 8.07. The van der Waals surface area contributed by atoms with E-state index in [4.69, 9.17) is 5.73 Å². The van der Waals surface area contributed by atoms with Gasteiger partial charge in [-0.15, -0.1) is 0 Å². The third-order valence-corrected chi connectivity index (χ3v) is 2.61. The van der Waals surface area contributed by atoms with Crippen LogP contribution in [0.1, 0.15) is 19.5 Å². The number of nitrogens with two attached hydrogens (primary N) is 1. The van der Waals surface area contributed by atoms with Crippen LogP contribution < -0.4 is 5.73 Å². The maximum atomic E-state index is 5.61. The normalized spacial score (nSPS) is 20.7. The van der Waals surface area contributed by atoms with Crippen molar-refractivity contribution in [2.75, 3.05) is 5.73 Å². The molecule has 0 aromatic carbocycles. The van der Waals surface area contributed by atoms with Gasteiger partial charge in [-0.2, -0.15) is 5.10 Å². The van der Waals surface area contributed by atoms with Gasteiger partial charge in [-0.3, -0.25) is 0 Å². The molecule has 2 rings (SSSR count). The Balaban J connectivity index is 2.27. The molecule has 0 saturated carbocycles. The highest BCUT2D eigenvalue weighted by atomic mass is 15.3. The molecule has 1 aromatic rings. The first-order valence-electron chi connectivity index (χ1n) is 4.69. The molecule has 13 heavy (non-hydrogen) atoms. The number of nitrogen functional groups attached to an aromatic ring is 1. The highest BCUT2D eigenvalue weighted by Gasteiger charge is 2.17. The second kappa shape index (κ2) is 2.91. The van der Waals surface area contributed by atoms with Crippen molar-refractivity contribution in [3.63, 3.8) is 0 Å². The molecule has 1 aliphatic heterocycles. The quantitative estimate of drug-likeness (QED) is 0.710. The predicted octanol–water partition coefficient (Wildman–Crippen LogP) is 1.76. The largest absolute Gasteiger partial charge is 0.382 e. The second-order valence-corrected chi connectivity index (χ2v) is 3.96. The Morgan fingerprint density at radius 1 is 1.62 bits per heavy atom. The number of rotatable bonds is 1. The van der Waals surface area contributed by atoms with E-state index in [1.165, 1.54) is 5.69 Å². The fourth-order valence-electron chi connectivity index (χ4n) is 1.70. The Kier molecular flexibility index (Phi) is 1.87. The van der Waals surface area contributed by atoms with Crippen LogP contribution in [-0.4, -0.2) is 9.78 Å². The van der Waals surface area contributed by atoms with Gasteiger partial charge in [-0.25, -0.2) is 4.68 Å². The summed E-state index contributed by atoms with van der Waals surface area (Å²) in [6.45, 7) is 4.48. The molecule has 0 spiro atoms. The van der Waals surface area contributed by atoms with Gasteiger partial charge in [0.15, 0.2) is 0 Å². The Morgan fingerprint density at radius 3 is 3.08 bits per heavy atom. The highest BCUT2D eigenvalue weighted by Crippen LogP contribution is 2.24. The molecule has 1 unspecified atom stereocenters. The molecular formula is C10H15N3. The summed E-state index contributed by atoms with van der Waals surface area (Å²) in [5.41, 5.74) is 6.84. The molecule has 0 saturated heterocycles. The molecule has 1 aliphatic rings. The zero-order valence-electron chi connectivity index (χ0n) is 8.07. The van der Waals surface area contributed by atoms with Gasteiger partial charge in [0.2, 0.25) is 0 Å². The fourth-order valence-corrected chi connectivity index (χ4v) is 1.70. The van der Waals surface area contributed by atoms with Gasteiger partial charge in [0.05, 0.1) is 0 Å². The molecule has 70 valence electrons. The van der Waals surface area contributed by atoms with Crippen LogP contribution in [0.5, 0.6) is 0 Å². The van der Waals surface area contributed by atoms with Crippen LogP contribution in [0.15, 0.2) is 12.1 Å². The number of aromatic nitrogens is 2. The SMILES string of the molecule is CC(C)C1C=Cn2nc(N)cc2C1. The lowest BCUT2D eigenvalue weighted by Crippen LogP contribution is -2.15. The topological polar surface area (TPSA) is 43.8 Å². The van der Waals surface area contributed by atoms with Crippen LogP contribution in [0.2, 0.25) is 0 Å². The van der Waals surface area contributed by atoms with E-state index in [2.05, 4.69) is 25.0 Å². The lowest BCUT2D eigenvalue weighted by Gasteiger charge is -2.20. The van der Waals surface area contributed by atoms with E-state index in [0.717, 1.165) is 6.42 Å². The van der Waals surface area contributed by atoms with Crippen molar-refractivity contribution in [2.45, 2.75) is 20.3 Å². The second-order valence-electron chi connectivity index (χ2n) is 3.96. The van der Waals surface area contributed by atoms with Gasteiger partial charge in [0.1, 0.15) is 5.82 Å². The first kappa shape index (κ1) is 8.35. The Hall–Kier alpha value is -1.25. The van der Waals surface area contributed by atoms with Crippen molar-refractivity contribution in [3.8, 4) is 0 Å². The standard InChI is InChI=1S/C10H15N3/c1-7(2)8-3-4-13-9(5-8)6-10(11)12-13/h3-4,6-8H,5H2,1-2H3,(H2,11,12). The molecule has 2 heterocycles. The van der Waals surface area contributed by atoms with Gasteiger partial charge >= 0.3 is 0 Å². The minimum atomic E-state index is 0.615. The van der Waals surface area contributed by atoms with E-state index in [1.54, 1.807) is 0 Å². The molecule has 3 nitrogen and oxygen atoms in total. The molecular weight excluding hydrogens is 162 g/mol. The molecule has 1 aromatic heterocycles. The molecule has 0 amide bonds. The Labute approximate surface area is 78.2 Å². The van der Waals surface area contributed by atoms with Crippen LogP contribution >= 0.6 is 0 Å². The first-order chi connectivity index (χ1) is 6.16. The average molecular weight is 177 g/mol. The summed E-state index contributed by atoms with van der Waals surface area (Å²) in [6.07, 6.45) is 5.28. The first-order valence-corrected chi connectivity index (χ1v) is 4.69. The summed E-state index contributed by atoms with van der Waals surface area (Å²) in [5, 5.41) is 4.15. The summed E-state index contributed by atoms with van der Waals surface area (Å²) >= 11 is 0. The van der Waals surface area contributed by atoms with Gasteiger partial charge in [0, 0.05) is 18.0 Å². The van der Waals surface area contributed by atoms with Crippen LogP contribution in [0.4, 0.5) is 5.82 Å². The van der Waals surface area contributed by atoms with Gasteiger partial charge in [0.25, 0.3) is 0 Å². The zero-order chi connectivity index (χ0) is 9.42. The Bertz CT molecular complexity index is 336. The van der Waals surface area contributed by atoms with E-state index in [9.17, 15) is 0 Å². The van der Waals surface area contributed by atoms with Crippen molar-refractivity contribution in [2.24, 2.45) is 11.8 Å². The molecule has 0 fully saturated rings. The van der Waals surface area contributed by atoms with Crippen molar-refractivity contribution >= 4 is 12.0 Å².